The number of nitrogens with zero attached hydrogens (tertiary/aromatic N) is 5. The predicted octanol–water partition coefficient (Wildman–Crippen LogP) is 4.27. The number of pyridine rings is 1. The smallest absolute Gasteiger partial charge is 0.192 e. The molecule has 0 unspecified atom stereocenters. The van der Waals surface area contributed by atoms with Crippen molar-refractivity contribution in [3.8, 4) is 40.6 Å². The van der Waals surface area contributed by atoms with Gasteiger partial charge in [0, 0.05) is 30.8 Å². The third-order valence-corrected chi connectivity index (χ3v) is 5.90. The SMILES string of the molecule is CS(=O)(=O)c1ccc(Oc2cc3[nH]c(-c4cnccn4)nc3cc2Oc2ccccc2C#N)cn1. The number of H-pyrrole nitrogens is 1. The number of nitriles is 1. The molecule has 0 bridgehead atoms. The quantitative estimate of drug-likeness (QED) is 0.373. The Kier molecular flexibility index (Phi) is 5.56. The second kappa shape index (κ2) is 8.85. The van der Waals surface area contributed by atoms with Crippen LogP contribution in [0.4, 0.5) is 0 Å². The van der Waals surface area contributed by atoms with Crippen molar-refractivity contribution in [1.29, 1.82) is 5.26 Å². The van der Waals surface area contributed by atoms with Gasteiger partial charge in [-0.15, -0.1) is 0 Å². The molecule has 0 atom stereocenters. The molecule has 35 heavy (non-hydrogen) atoms. The molecule has 3 heterocycles. The van der Waals surface area contributed by atoms with E-state index >= 15 is 0 Å². The Morgan fingerprint density at radius 1 is 0.943 bits per heavy atom. The highest BCUT2D eigenvalue weighted by Crippen LogP contribution is 2.39. The summed E-state index contributed by atoms with van der Waals surface area (Å²) in [5.41, 5.74) is 2.12. The molecule has 0 saturated carbocycles. The number of nitrogens with one attached hydrogen (secondary N) is 1. The van der Waals surface area contributed by atoms with Crippen LogP contribution in [0.1, 0.15) is 5.56 Å². The van der Waals surface area contributed by atoms with Crippen molar-refractivity contribution in [2.75, 3.05) is 6.26 Å². The van der Waals surface area contributed by atoms with E-state index in [-0.39, 0.29) is 5.03 Å². The van der Waals surface area contributed by atoms with Crippen molar-refractivity contribution < 1.29 is 17.9 Å². The first-order valence-corrected chi connectivity index (χ1v) is 12.1. The molecule has 0 aliphatic rings. The van der Waals surface area contributed by atoms with E-state index < -0.39 is 9.84 Å². The molecule has 5 rings (SSSR count). The summed E-state index contributed by atoms with van der Waals surface area (Å²) in [6.45, 7) is 0. The molecule has 5 aromatic rings. The van der Waals surface area contributed by atoms with Crippen molar-refractivity contribution >= 4 is 20.9 Å². The first-order valence-electron chi connectivity index (χ1n) is 10.2. The second-order valence-corrected chi connectivity index (χ2v) is 9.37. The maximum absolute atomic E-state index is 11.7. The average molecular weight is 484 g/mol. The van der Waals surface area contributed by atoms with Gasteiger partial charge in [0.15, 0.2) is 32.2 Å². The number of hydrogen-bond donors (Lipinski definition) is 1. The van der Waals surface area contributed by atoms with Crippen LogP contribution in [0, 0.1) is 11.3 Å². The van der Waals surface area contributed by atoms with Crippen molar-refractivity contribution in [3.63, 3.8) is 0 Å². The lowest BCUT2D eigenvalue weighted by Gasteiger charge is -2.13. The first kappa shape index (κ1) is 22.0. The summed E-state index contributed by atoms with van der Waals surface area (Å²) in [6, 6.07) is 15.1. The summed E-state index contributed by atoms with van der Waals surface area (Å²) < 4.78 is 35.5. The Hall–Kier alpha value is -4.82. The van der Waals surface area contributed by atoms with Gasteiger partial charge in [-0.1, -0.05) is 12.1 Å². The topological polar surface area (TPSA) is 144 Å². The minimum absolute atomic E-state index is 0.0677. The van der Waals surface area contributed by atoms with E-state index in [1.807, 2.05) is 0 Å². The molecule has 0 amide bonds. The Morgan fingerprint density at radius 2 is 1.77 bits per heavy atom. The number of benzene rings is 2. The third-order valence-electron chi connectivity index (χ3n) is 4.90. The molecule has 2 aromatic carbocycles. The monoisotopic (exact) mass is 484 g/mol. The molecule has 0 aliphatic carbocycles. The predicted molar refractivity (Wildman–Crippen MR) is 126 cm³/mol. The molecule has 11 heteroatoms. The lowest BCUT2D eigenvalue weighted by atomic mass is 10.2. The van der Waals surface area contributed by atoms with Crippen molar-refractivity contribution in [1.82, 2.24) is 24.9 Å². The first-order chi connectivity index (χ1) is 16.9. The van der Waals surface area contributed by atoms with Gasteiger partial charge in [-0.05, 0) is 24.3 Å². The van der Waals surface area contributed by atoms with Crippen LogP contribution in [-0.4, -0.2) is 39.6 Å². The summed E-state index contributed by atoms with van der Waals surface area (Å²) in [5, 5.41) is 9.38. The molecule has 172 valence electrons. The van der Waals surface area contributed by atoms with Crippen LogP contribution in [0.5, 0.6) is 23.0 Å². The van der Waals surface area contributed by atoms with Gasteiger partial charge in [0.1, 0.15) is 23.3 Å². The van der Waals surface area contributed by atoms with Gasteiger partial charge >= 0.3 is 0 Å². The molecule has 0 radical (unpaired) electrons. The van der Waals surface area contributed by atoms with Gasteiger partial charge in [-0.2, -0.15) is 5.26 Å². The maximum atomic E-state index is 11.7. The zero-order chi connectivity index (χ0) is 24.4. The normalized spacial score (nSPS) is 11.2. The number of para-hydroxylation sites is 1. The summed E-state index contributed by atoms with van der Waals surface area (Å²) in [5.74, 6) is 1.74. The van der Waals surface area contributed by atoms with Crippen LogP contribution in [0.2, 0.25) is 0 Å². The van der Waals surface area contributed by atoms with Crippen LogP contribution >= 0.6 is 0 Å². The number of sulfone groups is 1. The van der Waals surface area contributed by atoms with Crippen LogP contribution in [0.15, 0.2) is 78.3 Å². The van der Waals surface area contributed by atoms with E-state index in [0.717, 1.165) is 6.26 Å². The van der Waals surface area contributed by atoms with Crippen LogP contribution < -0.4 is 9.47 Å². The number of aromatic nitrogens is 5. The second-order valence-electron chi connectivity index (χ2n) is 7.41. The molecular formula is C24H16N6O4S. The van der Waals surface area contributed by atoms with E-state index in [4.69, 9.17) is 9.47 Å². The van der Waals surface area contributed by atoms with E-state index in [2.05, 4.69) is 31.0 Å². The number of ether oxygens (including phenoxy) is 2. The van der Waals surface area contributed by atoms with Crippen molar-refractivity contribution in [2.24, 2.45) is 0 Å². The van der Waals surface area contributed by atoms with Crippen molar-refractivity contribution in [3.05, 3.63) is 78.9 Å². The van der Waals surface area contributed by atoms with E-state index in [9.17, 15) is 13.7 Å². The zero-order valence-corrected chi connectivity index (χ0v) is 19.0. The van der Waals surface area contributed by atoms with Crippen LogP contribution in [-0.2, 0) is 9.84 Å². The number of imidazole rings is 1. The van der Waals surface area contributed by atoms with Crippen molar-refractivity contribution in [2.45, 2.75) is 5.03 Å². The molecule has 0 spiro atoms. The molecule has 0 saturated heterocycles. The Labute approximate surface area is 199 Å². The number of fused-ring (bicyclic) bond motifs is 1. The summed E-state index contributed by atoms with van der Waals surface area (Å²) >= 11 is 0. The van der Waals surface area contributed by atoms with E-state index in [0.29, 0.717) is 51.1 Å². The van der Waals surface area contributed by atoms with Crippen LogP contribution in [0.25, 0.3) is 22.6 Å². The van der Waals surface area contributed by atoms with Gasteiger partial charge in [0.05, 0.1) is 29.0 Å². The fraction of sp³-hybridized carbons (Fsp3) is 0.0417. The lowest BCUT2D eigenvalue weighted by Crippen LogP contribution is -2.00. The highest BCUT2D eigenvalue weighted by atomic mass is 32.2. The van der Waals surface area contributed by atoms with Gasteiger partial charge in [0.2, 0.25) is 0 Å². The fourth-order valence-corrected chi connectivity index (χ4v) is 3.82. The number of aromatic amines is 1. The molecule has 3 aromatic heterocycles. The average Bonchev–Trinajstić information content (AvgIpc) is 3.28. The minimum atomic E-state index is -3.45. The summed E-state index contributed by atoms with van der Waals surface area (Å²) in [7, 11) is -3.45. The van der Waals surface area contributed by atoms with Gasteiger partial charge in [0.25, 0.3) is 0 Å². The molecular weight excluding hydrogens is 468 g/mol. The molecule has 1 N–H and O–H groups in total. The molecule has 0 aliphatic heterocycles. The Balaban J connectivity index is 1.59. The maximum Gasteiger partial charge on any atom is 0.192 e. The number of hydrogen-bond acceptors (Lipinski definition) is 9. The van der Waals surface area contributed by atoms with Gasteiger partial charge in [-0.25, -0.2) is 23.4 Å². The Bertz CT molecular complexity index is 1680. The minimum Gasteiger partial charge on any atom is -0.452 e. The molecule has 0 fully saturated rings. The van der Waals surface area contributed by atoms with Gasteiger partial charge in [-0.3, -0.25) is 4.98 Å². The summed E-state index contributed by atoms with van der Waals surface area (Å²) in [4.78, 5) is 20.1. The van der Waals surface area contributed by atoms with Crippen LogP contribution in [0.3, 0.4) is 0 Å². The van der Waals surface area contributed by atoms with E-state index in [1.54, 1.807) is 55.0 Å². The highest BCUT2D eigenvalue weighted by molar-refractivity contribution is 7.90. The largest absolute Gasteiger partial charge is 0.452 e. The fourth-order valence-electron chi connectivity index (χ4n) is 3.26. The number of rotatable bonds is 6. The lowest BCUT2D eigenvalue weighted by molar-refractivity contribution is 0.417. The molecule has 10 nitrogen and oxygen atoms in total. The third kappa shape index (κ3) is 4.64. The summed E-state index contributed by atoms with van der Waals surface area (Å²) in [6.07, 6.45) is 7.11. The Morgan fingerprint density at radius 3 is 2.49 bits per heavy atom. The highest BCUT2D eigenvalue weighted by Gasteiger charge is 2.17. The zero-order valence-electron chi connectivity index (χ0n) is 18.2. The van der Waals surface area contributed by atoms with E-state index in [1.165, 1.54) is 18.3 Å². The van der Waals surface area contributed by atoms with Gasteiger partial charge < -0.3 is 14.5 Å². The standard InChI is InChI=1S/C24H16N6O4S/c1-35(31,32)23-7-6-16(13-28-23)33-21-10-17-18(30-24(29-17)19-14-26-8-9-27-19)11-22(21)34-20-5-3-2-4-15(20)12-25/h2-11,13-14H,1H3,(H,29,30).